The van der Waals surface area contributed by atoms with Gasteiger partial charge < -0.3 is 5.32 Å². The molecule has 0 aliphatic rings. The van der Waals surface area contributed by atoms with Gasteiger partial charge in [-0.3, -0.25) is 9.59 Å². The Bertz CT molecular complexity index is 579. The normalized spacial score (nSPS) is 11.6. The molecule has 0 bridgehead atoms. The number of nitrogens with zero attached hydrogens (tertiary/aromatic N) is 2. The number of amides is 1. The van der Waals surface area contributed by atoms with Crippen molar-refractivity contribution in [2.24, 2.45) is 5.92 Å². The molecule has 0 aromatic carbocycles. The molecule has 0 spiro atoms. The van der Waals surface area contributed by atoms with E-state index in [2.05, 4.69) is 20.2 Å². The van der Waals surface area contributed by atoms with E-state index in [0.717, 1.165) is 0 Å². The molecule has 0 saturated carbocycles. The number of nitrogens with one attached hydrogen (secondary N) is 2. The average Bonchev–Trinajstić information content (AvgIpc) is 2.74. The van der Waals surface area contributed by atoms with Crippen molar-refractivity contribution in [3.8, 4) is 0 Å². The van der Waals surface area contributed by atoms with Crippen LogP contribution >= 0.6 is 11.3 Å². The summed E-state index contributed by atoms with van der Waals surface area (Å²) in [6.45, 7) is 4.33. The van der Waals surface area contributed by atoms with Crippen LogP contribution < -0.4 is 10.0 Å². The van der Waals surface area contributed by atoms with E-state index < -0.39 is 10.0 Å². The van der Waals surface area contributed by atoms with E-state index in [1.165, 1.54) is 6.92 Å². The lowest BCUT2D eigenvalue weighted by Crippen LogP contribution is -2.31. The van der Waals surface area contributed by atoms with Gasteiger partial charge in [0, 0.05) is 12.8 Å². The van der Waals surface area contributed by atoms with Crippen molar-refractivity contribution in [3.05, 3.63) is 0 Å². The van der Waals surface area contributed by atoms with E-state index in [-0.39, 0.29) is 33.6 Å². The summed E-state index contributed by atoms with van der Waals surface area (Å²) in [5.41, 5.74) is 0. The molecule has 2 N–H and O–H groups in total. The highest BCUT2D eigenvalue weighted by Gasteiger charge is 2.21. The van der Waals surface area contributed by atoms with Crippen molar-refractivity contribution >= 4 is 38.2 Å². The molecule has 0 atom stereocenters. The second-order valence-electron chi connectivity index (χ2n) is 4.00. The largest absolute Gasteiger partial charge is 0.301 e. The van der Waals surface area contributed by atoms with E-state index in [1.54, 1.807) is 13.8 Å². The molecule has 0 radical (unpaired) electrons. The van der Waals surface area contributed by atoms with Crippen molar-refractivity contribution in [2.45, 2.75) is 25.1 Å². The SMILES string of the molecule is CC(=O)Nc1nnc(S(=O)(=O)NCC(=O)C(C)C)s1. The van der Waals surface area contributed by atoms with Gasteiger partial charge in [0.15, 0.2) is 0 Å². The Morgan fingerprint density at radius 1 is 1.32 bits per heavy atom. The maximum Gasteiger partial charge on any atom is 0.270 e. The predicted molar refractivity (Wildman–Crippen MR) is 69.2 cm³/mol. The summed E-state index contributed by atoms with van der Waals surface area (Å²) in [7, 11) is -3.88. The number of hydrogen-bond acceptors (Lipinski definition) is 7. The molecule has 1 heterocycles. The zero-order valence-corrected chi connectivity index (χ0v) is 12.3. The molecule has 0 saturated heterocycles. The summed E-state index contributed by atoms with van der Waals surface area (Å²) in [6, 6.07) is 0. The first-order valence-electron chi connectivity index (χ1n) is 5.36. The fourth-order valence-corrected chi connectivity index (χ4v) is 2.93. The van der Waals surface area contributed by atoms with Crippen molar-refractivity contribution in [1.29, 1.82) is 0 Å². The van der Waals surface area contributed by atoms with Gasteiger partial charge in [-0.1, -0.05) is 25.2 Å². The summed E-state index contributed by atoms with van der Waals surface area (Å²) in [4.78, 5) is 22.1. The third-order valence-corrected chi connectivity index (χ3v) is 4.61. The van der Waals surface area contributed by atoms with E-state index in [4.69, 9.17) is 0 Å². The molecular weight excluding hydrogens is 292 g/mol. The van der Waals surface area contributed by atoms with Gasteiger partial charge in [-0.05, 0) is 0 Å². The molecule has 1 rings (SSSR count). The Balaban J connectivity index is 2.75. The molecular formula is C9H14N4O4S2. The van der Waals surface area contributed by atoms with Crippen LogP contribution in [0.5, 0.6) is 0 Å². The van der Waals surface area contributed by atoms with Crippen molar-refractivity contribution in [1.82, 2.24) is 14.9 Å². The van der Waals surface area contributed by atoms with Crippen LogP contribution in [0.2, 0.25) is 0 Å². The highest BCUT2D eigenvalue weighted by Crippen LogP contribution is 2.19. The summed E-state index contributed by atoms with van der Waals surface area (Å²) in [5, 5.41) is 9.39. The third-order valence-electron chi connectivity index (χ3n) is 2.00. The van der Waals surface area contributed by atoms with Gasteiger partial charge in [0.2, 0.25) is 15.4 Å². The zero-order valence-electron chi connectivity index (χ0n) is 10.6. The lowest BCUT2D eigenvalue weighted by atomic mass is 10.1. The highest BCUT2D eigenvalue weighted by molar-refractivity contribution is 7.91. The quantitative estimate of drug-likeness (QED) is 0.714. The van der Waals surface area contributed by atoms with Crippen LogP contribution in [0.15, 0.2) is 4.34 Å². The number of rotatable bonds is 6. The Morgan fingerprint density at radius 3 is 2.47 bits per heavy atom. The van der Waals surface area contributed by atoms with Crippen molar-refractivity contribution < 1.29 is 18.0 Å². The molecule has 106 valence electrons. The van der Waals surface area contributed by atoms with Crippen LogP contribution in [-0.2, 0) is 19.6 Å². The summed E-state index contributed by atoms with van der Waals surface area (Å²) in [5.74, 6) is -0.856. The maximum absolute atomic E-state index is 11.8. The standard InChI is InChI=1S/C9H14N4O4S2/c1-5(2)7(15)4-10-19(16,17)9-13-12-8(18-9)11-6(3)14/h5,10H,4H2,1-3H3,(H,11,12,14). The van der Waals surface area contributed by atoms with Crippen LogP contribution in [-0.4, -0.2) is 36.9 Å². The van der Waals surface area contributed by atoms with Gasteiger partial charge in [0.1, 0.15) is 5.78 Å². The minimum atomic E-state index is -3.88. The predicted octanol–water partition coefficient (Wildman–Crippen LogP) is -0.000100. The van der Waals surface area contributed by atoms with Crippen molar-refractivity contribution in [3.63, 3.8) is 0 Å². The molecule has 0 aliphatic heterocycles. The molecule has 10 heteroatoms. The Hall–Kier alpha value is -1.39. The smallest absolute Gasteiger partial charge is 0.270 e. The number of ketones is 1. The van der Waals surface area contributed by atoms with Crippen molar-refractivity contribution in [2.75, 3.05) is 11.9 Å². The number of carbonyl (C=O) groups excluding carboxylic acids is 2. The number of sulfonamides is 1. The first kappa shape index (κ1) is 15.7. The lowest BCUT2D eigenvalue weighted by molar-refractivity contribution is -0.120. The molecule has 0 unspecified atom stereocenters. The number of aromatic nitrogens is 2. The second kappa shape index (κ2) is 6.17. The minimum Gasteiger partial charge on any atom is -0.301 e. The topological polar surface area (TPSA) is 118 Å². The first-order valence-corrected chi connectivity index (χ1v) is 7.66. The lowest BCUT2D eigenvalue weighted by Gasteiger charge is -2.04. The molecule has 8 nitrogen and oxygen atoms in total. The number of anilines is 1. The monoisotopic (exact) mass is 306 g/mol. The zero-order chi connectivity index (χ0) is 14.6. The fourth-order valence-electron chi connectivity index (χ4n) is 0.951. The van der Waals surface area contributed by atoms with E-state index >= 15 is 0 Å². The Kier molecular flexibility index (Phi) is 5.09. The van der Waals surface area contributed by atoms with Gasteiger partial charge >= 0.3 is 0 Å². The maximum atomic E-state index is 11.8. The fraction of sp³-hybridized carbons (Fsp3) is 0.556. The van der Waals surface area contributed by atoms with Gasteiger partial charge in [0.25, 0.3) is 10.0 Å². The van der Waals surface area contributed by atoms with Crippen LogP contribution in [0, 0.1) is 5.92 Å². The van der Waals surface area contributed by atoms with E-state index in [9.17, 15) is 18.0 Å². The molecule has 1 amide bonds. The number of carbonyl (C=O) groups is 2. The minimum absolute atomic E-state index is 0.0862. The van der Waals surface area contributed by atoms with Crippen LogP contribution in [0.25, 0.3) is 0 Å². The van der Waals surface area contributed by atoms with Gasteiger partial charge in [0.05, 0.1) is 6.54 Å². The summed E-state index contributed by atoms with van der Waals surface area (Å²) < 4.78 is 25.4. The van der Waals surface area contributed by atoms with Crippen LogP contribution in [0.1, 0.15) is 20.8 Å². The van der Waals surface area contributed by atoms with Gasteiger partial charge in [-0.15, -0.1) is 10.2 Å². The summed E-state index contributed by atoms with van der Waals surface area (Å²) in [6.07, 6.45) is 0. The third kappa shape index (κ3) is 4.65. The van der Waals surface area contributed by atoms with Gasteiger partial charge in [-0.2, -0.15) is 0 Å². The average molecular weight is 306 g/mol. The van der Waals surface area contributed by atoms with Crippen LogP contribution in [0.3, 0.4) is 0 Å². The van der Waals surface area contributed by atoms with E-state index in [0.29, 0.717) is 11.3 Å². The molecule has 1 aromatic heterocycles. The summed E-state index contributed by atoms with van der Waals surface area (Å²) >= 11 is 0.712. The van der Waals surface area contributed by atoms with Gasteiger partial charge in [-0.25, -0.2) is 13.1 Å². The Morgan fingerprint density at radius 2 is 1.95 bits per heavy atom. The number of hydrogen-bond donors (Lipinski definition) is 2. The van der Waals surface area contributed by atoms with Crippen LogP contribution in [0.4, 0.5) is 5.13 Å². The molecule has 0 fully saturated rings. The first-order chi connectivity index (χ1) is 8.72. The molecule has 0 aliphatic carbocycles. The molecule has 1 aromatic rings. The number of Topliss-reactive ketones (excluding diaryl/α,β-unsaturated/α-hetero) is 1. The molecule has 19 heavy (non-hydrogen) atoms. The highest BCUT2D eigenvalue weighted by atomic mass is 32.2. The second-order valence-corrected chi connectivity index (χ2v) is 6.92. The van der Waals surface area contributed by atoms with E-state index in [1.807, 2.05) is 0 Å². The Labute approximate surface area is 114 Å².